The molecule has 0 aliphatic heterocycles. The number of fused-ring (bicyclic) bond motifs is 5. The number of phenolic OH excluding ortho intramolecular Hbond substituents is 1. The Morgan fingerprint density at radius 1 is 1.32 bits per heavy atom. The van der Waals surface area contributed by atoms with Crippen LogP contribution in [0.25, 0.3) is 0 Å². The average Bonchev–Trinajstić information content (AvgIpc) is 2.91. The lowest BCUT2D eigenvalue weighted by Gasteiger charge is -2.49. The largest absolute Gasteiger partial charge is 0.508 e. The zero-order chi connectivity index (χ0) is 17.6. The van der Waals surface area contributed by atoms with Crippen LogP contribution in [0.5, 0.6) is 5.75 Å². The van der Waals surface area contributed by atoms with Crippen LogP contribution >= 0.6 is 0 Å². The van der Waals surface area contributed by atoms with Crippen LogP contribution in [-0.2, 0) is 16.1 Å². The Balaban J connectivity index is 1.58. The van der Waals surface area contributed by atoms with Gasteiger partial charge in [-0.3, -0.25) is 0 Å². The Morgan fingerprint density at radius 3 is 2.96 bits per heavy atom. The first-order valence-corrected chi connectivity index (χ1v) is 9.22. The van der Waals surface area contributed by atoms with Gasteiger partial charge in [0, 0.05) is 5.41 Å². The Hall–Kier alpha value is -2.04. The van der Waals surface area contributed by atoms with Crippen LogP contribution in [0.4, 0.5) is 0 Å². The van der Waals surface area contributed by atoms with E-state index in [0.717, 1.165) is 44.2 Å². The van der Waals surface area contributed by atoms with Gasteiger partial charge in [0.05, 0.1) is 5.71 Å². The highest BCUT2D eigenvalue weighted by molar-refractivity contribution is 5.92. The maximum absolute atomic E-state index is 10.7. The van der Waals surface area contributed by atoms with E-state index in [1.807, 2.05) is 12.1 Å². The molecule has 0 bridgehead atoms. The van der Waals surface area contributed by atoms with Gasteiger partial charge in [-0.2, -0.15) is 0 Å². The molecule has 0 radical (unpaired) electrons. The fraction of sp³-hybridized carbons (Fsp3) is 0.600. The Kier molecular flexibility index (Phi) is 3.97. The number of aliphatic carboxylic acids is 1. The van der Waals surface area contributed by atoms with Crippen LogP contribution in [-0.4, -0.2) is 28.5 Å². The van der Waals surface area contributed by atoms with E-state index in [4.69, 9.17) is 9.94 Å². The van der Waals surface area contributed by atoms with Crippen molar-refractivity contribution in [3.8, 4) is 5.75 Å². The van der Waals surface area contributed by atoms with Crippen LogP contribution in [0, 0.1) is 17.3 Å². The first-order valence-electron chi connectivity index (χ1n) is 9.22. The molecule has 0 spiro atoms. The van der Waals surface area contributed by atoms with E-state index in [9.17, 15) is 9.90 Å². The van der Waals surface area contributed by atoms with Gasteiger partial charge in [0.25, 0.3) is 0 Å². The average molecular weight is 343 g/mol. The van der Waals surface area contributed by atoms with Gasteiger partial charge in [-0.15, -0.1) is 0 Å². The lowest BCUT2D eigenvalue weighted by atomic mass is 9.55. The summed E-state index contributed by atoms with van der Waals surface area (Å²) in [7, 11) is 0. The molecule has 0 amide bonds. The van der Waals surface area contributed by atoms with E-state index in [1.54, 1.807) is 0 Å². The van der Waals surface area contributed by atoms with E-state index < -0.39 is 5.97 Å². The number of rotatable bonds is 3. The lowest BCUT2D eigenvalue weighted by Crippen LogP contribution is -2.42. The van der Waals surface area contributed by atoms with Crippen molar-refractivity contribution in [1.29, 1.82) is 0 Å². The van der Waals surface area contributed by atoms with Crippen molar-refractivity contribution in [2.24, 2.45) is 22.4 Å². The highest BCUT2D eigenvalue weighted by atomic mass is 16.6. The second-order valence-corrected chi connectivity index (χ2v) is 8.00. The number of carboxylic acids is 1. The molecule has 0 aromatic heterocycles. The molecule has 5 heteroatoms. The normalized spacial score (nSPS) is 34.9. The number of benzene rings is 1. The number of carboxylic acid groups (broad SMARTS) is 1. The Bertz CT molecular complexity index is 728. The smallest absolute Gasteiger partial charge is 0.344 e. The molecule has 4 unspecified atom stereocenters. The summed E-state index contributed by atoms with van der Waals surface area (Å²) in [5.74, 6) is 1.17. The van der Waals surface area contributed by atoms with E-state index >= 15 is 0 Å². The monoisotopic (exact) mass is 343 g/mol. The molecule has 25 heavy (non-hydrogen) atoms. The summed E-state index contributed by atoms with van der Waals surface area (Å²) in [6, 6.07) is 5.86. The summed E-state index contributed by atoms with van der Waals surface area (Å²) in [5, 5.41) is 22.7. The van der Waals surface area contributed by atoms with Crippen molar-refractivity contribution in [2.75, 3.05) is 6.61 Å². The SMILES string of the molecule is CC12CCC3c4ccc(O)cc4CCC3C1CC/C2=N/OCC(=O)O. The molecule has 3 aliphatic rings. The predicted octanol–water partition coefficient (Wildman–Crippen LogP) is 3.71. The zero-order valence-electron chi connectivity index (χ0n) is 14.6. The fourth-order valence-corrected chi connectivity index (χ4v) is 5.67. The second-order valence-electron chi connectivity index (χ2n) is 8.00. The maximum atomic E-state index is 10.7. The van der Waals surface area contributed by atoms with E-state index in [-0.39, 0.29) is 12.0 Å². The third-order valence-electron chi connectivity index (χ3n) is 6.81. The third kappa shape index (κ3) is 2.70. The van der Waals surface area contributed by atoms with Crippen LogP contribution in [0.1, 0.15) is 56.1 Å². The van der Waals surface area contributed by atoms with Crippen molar-refractivity contribution in [1.82, 2.24) is 0 Å². The van der Waals surface area contributed by atoms with Crippen molar-refractivity contribution in [3.63, 3.8) is 0 Å². The molecule has 2 fully saturated rings. The molecule has 1 aromatic rings. The topological polar surface area (TPSA) is 79.1 Å². The molecular formula is C20H25NO4. The molecule has 4 rings (SSSR count). The molecule has 5 nitrogen and oxygen atoms in total. The summed E-state index contributed by atoms with van der Waals surface area (Å²) in [6.07, 6.45) is 6.39. The first kappa shape index (κ1) is 16.4. The number of hydrogen-bond acceptors (Lipinski definition) is 4. The summed E-state index contributed by atoms with van der Waals surface area (Å²) < 4.78 is 0. The summed E-state index contributed by atoms with van der Waals surface area (Å²) in [4.78, 5) is 15.7. The molecular weight excluding hydrogens is 318 g/mol. The molecule has 4 atom stereocenters. The molecule has 2 N–H and O–H groups in total. The minimum absolute atomic E-state index is 0.0358. The van der Waals surface area contributed by atoms with Gasteiger partial charge >= 0.3 is 5.97 Å². The van der Waals surface area contributed by atoms with Gasteiger partial charge < -0.3 is 15.1 Å². The van der Waals surface area contributed by atoms with Crippen molar-refractivity contribution >= 4 is 11.7 Å². The van der Waals surface area contributed by atoms with Gasteiger partial charge in [-0.25, -0.2) is 4.79 Å². The van der Waals surface area contributed by atoms with E-state index in [0.29, 0.717) is 23.5 Å². The number of nitrogens with zero attached hydrogens (tertiary/aromatic N) is 1. The Labute approximate surface area is 147 Å². The van der Waals surface area contributed by atoms with Crippen molar-refractivity contribution in [3.05, 3.63) is 29.3 Å². The molecule has 1 aromatic carbocycles. The summed E-state index contributed by atoms with van der Waals surface area (Å²) in [6.45, 7) is 1.92. The van der Waals surface area contributed by atoms with Gasteiger partial charge in [-0.1, -0.05) is 18.1 Å². The van der Waals surface area contributed by atoms with E-state index in [1.165, 1.54) is 11.1 Å². The first-order chi connectivity index (χ1) is 12.0. The maximum Gasteiger partial charge on any atom is 0.344 e. The highest BCUT2D eigenvalue weighted by Crippen LogP contribution is 2.59. The van der Waals surface area contributed by atoms with Crippen LogP contribution < -0.4 is 0 Å². The number of oxime groups is 1. The fourth-order valence-electron chi connectivity index (χ4n) is 5.67. The number of phenols is 1. The van der Waals surface area contributed by atoms with Crippen molar-refractivity contribution < 1.29 is 19.8 Å². The zero-order valence-corrected chi connectivity index (χ0v) is 14.6. The standard InChI is InChI=1S/C20H25NO4/c1-20-9-8-15-14-5-3-13(22)10-12(14)2-4-16(15)17(20)6-7-18(20)21-25-11-19(23)24/h3,5,10,15-17,22H,2,4,6-9,11H2,1H3,(H,23,24)/b21-18-. The number of aryl methyl sites for hydroxylation is 1. The van der Waals surface area contributed by atoms with Crippen LogP contribution in [0.2, 0.25) is 0 Å². The number of hydrogen-bond donors (Lipinski definition) is 2. The third-order valence-corrected chi connectivity index (χ3v) is 6.81. The lowest BCUT2D eigenvalue weighted by molar-refractivity contribution is -0.142. The van der Waals surface area contributed by atoms with Gasteiger partial charge in [-0.05, 0) is 79.5 Å². The highest BCUT2D eigenvalue weighted by Gasteiger charge is 2.53. The van der Waals surface area contributed by atoms with Gasteiger partial charge in [0.1, 0.15) is 5.75 Å². The molecule has 0 heterocycles. The molecule has 3 aliphatic carbocycles. The summed E-state index contributed by atoms with van der Waals surface area (Å²) in [5.41, 5.74) is 3.81. The van der Waals surface area contributed by atoms with Crippen molar-refractivity contribution in [2.45, 2.75) is 51.4 Å². The van der Waals surface area contributed by atoms with Crippen LogP contribution in [0.3, 0.4) is 0 Å². The minimum atomic E-state index is -0.986. The quantitative estimate of drug-likeness (QED) is 0.820. The number of carbonyl (C=O) groups is 1. The number of aromatic hydroxyl groups is 1. The summed E-state index contributed by atoms with van der Waals surface area (Å²) >= 11 is 0. The minimum Gasteiger partial charge on any atom is -0.508 e. The molecule has 2 saturated carbocycles. The van der Waals surface area contributed by atoms with Crippen LogP contribution in [0.15, 0.2) is 23.4 Å². The molecule has 134 valence electrons. The second kappa shape index (κ2) is 6.04. The Morgan fingerprint density at radius 2 is 2.16 bits per heavy atom. The van der Waals surface area contributed by atoms with Gasteiger partial charge in [0.2, 0.25) is 6.61 Å². The van der Waals surface area contributed by atoms with Gasteiger partial charge in [0.15, 0.2) is 0 Å². The molecule has 0 saturated heterocycles. The van der Waals surface area contributed by atoms with E-state index in [2.05, 4.69) is 18.1 Å². The predicted molar refractivity (Wildman–Crippen MR) is 93.7 cm³/mol.